The lowest BCUT2D eigenvalue weighted by Crippen LogP contribution is -2.11. The van der Waals surface area contributed by atoms with Crippen molar-refractivity contribution in [1.29, 1.82) is 0 Å². The molecule has 0 fully saturated rings. The van der Waals surface area contributed by atoms with Crippen molar-refractivity contribution in [2.24, 2.45) is 0 Å². The maximum Gasteiger partial charge on any atom is 0.291 e. The molecule has 0 bridgehead atoms. The Balaban J connectivity index is 1.46. The van der Waals surface area contributed by atoms with Crippen LogP contribution >= 0.6 is 23.2 Å². The van der Waals surface area contributed by atoms with Gasteiger partial charge in [-0.25, -0.2) is 0 Å². The van der Waals surface area contributed by atoms with Crippen molar-refractivity contribution in [3.8, 4) is 17.2 Å². The second kappa shape index (κ2) is 10.5. The maximum atomic E-state index is 12.7. The average molecular weight is 513 g/mol. The third-order valence-electron chi connectivity index (χ3n) is 4.80. The number of anilines is 1. The van der Waals surface area contributed by atoms with Crippen molar-refractivity contribution in [3.05, 3.63) is 110 Å². The van der Waals surface area contributed by atoms with Gasteiger partial charge in [0.25, 0.3) is 11.6 Å². The van der Waals surface area contributed by atoms with Gasteiger partial charge in [-0.1, -0.05) is 23.2 Å². The van der Waals surface area contributed by atoms with E-state index in [9.17, 15) is 14.9 Å². The molecule has 1 aromatic heterocycles. The van der Waals surface area contributed by atoms with E-state index in [4.69, 9.17) is 37.1 Å². The van der Waals surface area contributed by atoms with Crippen LogP contribution < -0.4 is 14.8 Å². The minimum Gasteiger partial charge on any atom is -0.485 e. The average Bonchev–Trinajstić information content (AvgIpc) is 3.29. The highest BCUT2D eigenvalue weighted by Gasteiger charge is 2.16. The van der Waals surface area contributed by atoms with Crippen molar-refractivity contribution in [2.75, 3.05) is 5.32 Å². The summed E-state index contributed by atoms with van der Waals surface area (Å²) in [7, 11) is 0. The number of nitro benzene ring substituents is 1. The molecule has 0 aliphatic carbocycles. The fraction of sp³-hybridized carbons (Fsp3) is 0.0800. The van der Waals surface area contributed by atoms with E-state index in [0.29, 0.717) is 27.3 Å². The van der Waals surface area contributed by atoms with Gasteiger partial charge in [0.15, 0.2) is 5.76 Å². The molecule has 0 aliphatic rings. The number of ether oxygens (including phenoxy) is 2. The summed E-state index contributed by atoms with van der Waals surface area (Å²) in [6, 6.07) is 18.8. The predicted octanol–water partition coefficient (Wildman–Crippen LogP) is 7.43. The summed E-state index contributed by atoms with van der Waals surface area (Å²) in [6.07, 6.45) is 0. The number of rotatable bonds is 8. The number of benzene rings is 3. The Morgan fingerprint density at radius 3 is 2.43 bits per heavy atom. The molecular weight excluding hydrogens is 495 g/mol. The SMILES string of the molecule is Cc1cc(Cl)ccc1OCc1ccc(C(=O)Nc2cc(Oc3ccc(Cl)cc3)cc([N+](=O)[O-])c2)o1. The van der Waals surface area contributed by atoms with Crippen LogP contribution in [-0.4, -0.2) is 10.8 Å². The second-order valence-corrected chi connectivity index (χ2v) is 8.32. The molecule has 4 aromatic rings. The number of non-ortho nitro benzene ring substituents is 1. The van der Waals surface area contributed by atoms with E-state index in [0.717, 1.165) is 5.56 Å². The van der Waals surface area contributed by atoms with Crippen LogP contribution in [0.5, 0.6) is 17.2 Å². The van der Waals surface area contributed by atoms with E-state index in [1.54, 1.807) is 48.5 Å². The van der Waals surface area contributed by atoms with Gasteiger partial charge in [0.2, 0.25) is 0 Å². The molecule has 0 saturated carbocycles. The van der Waals surface area contributed by atoms with Crippen LogP contribution in [0.4, 0.5) is 11.4 Å². The number of nitro groups is 1. The van der Waals surface area contributed by atoms with Gasteiger partial charge in [0, 0.05) is 22.2 Å². The van der Waals surface area contributed by atoms with E-state index < -0.39 is 10.8 Å². The van der Waals surface area contributed by atoms with Crippen molar-refractivity contribution in [3.63, 3.8) is 0 Å². The molecule has 0 unspecified atom stereocenters. The summed E-state index contributed by atoms with van der Waals surface area (Å²) in [5.41, 5.74) is 0.780. The highest BCUT2D eigenvalue weighted by molar-refractivity contribution is 6.30. The lowest BCUT2D eigenvalue weighted by Gasteiger charge is -2.09. The molecule has 10 heteroatoms. The van der Waals surface area contributed by atoms with Gasteiger partial charge in [0.1, 0.15) is 29.6 Å². The normalized spacial score (nSPS) is 10.6. The topological polar surface area (TPSA) is 104 Å². The second-order valence-electron chi connectivity index (χ2n) is 7.45. The van der Waals surface area contributed by atoms with Crippen LogP contribution in [0.25, 0.3) is 0 Å². The molecule has 1 amide bonds. The predicted molar refractivity (Wildman–Crippen MR) is 132 cm³/mol. The third kappa shape index (κ3) is 6.32. The minimum absolute atomic E-state index is 0.0168. The van der Waals surface area contributed by atoms with E-state index in [1.165, 1.54) is 24.3 Å². The van der Waals surface area contributed by atoms with Crippen molar-refractivity contribution in [2.45, 2.75) is 13.5 Å². The smallest absolute Gasteiger partial charge is 0.291 e. The summed E-state index contributed by atoms with van der Waals surface area (Å²) in [4.78, 5) is 23.5. The first kappa shape index (κ1) is 24.1. The molecule has 1 heterocycles. The maximum absolute atomic E-state index is 12.7. The lowest BCUT2D eigenvalue weighted by molar-refractivity contribution is -0.384. The number of hydrogen-bond acceptors (Lipinski definition) is 6. The molecule has 35 heavy (non-hydrogen) atoms. The molecule has 178 valence electrons. The molecule has 1 N–H and O–H groups in total. The van der Waals surface area contributed by atoms with E-state index in [1.807, 2.05) is 6.92 Å². The van der Waals surface area contributed by atoms with Crippen LogP contribution in [0.15, 0.2) is 77.2 Å². The van der Waals surface area contributed by atoms with Gasteiger partial charge in [-0.3, -0.25) is 14.9 Å². The number of carbonyl (C=O) groups excluding carboxylic acids is 1. The monoisotopic (exact) mass is 512 g/mol. The Labute approximate surface area is 210 Å². The molecule has 8 nitrogen and oxygen atoms in total. The van der Waals surface area contributed by atoms with Crippen LogP contribution in [0.2, 0.25) is 10.0 Å². The lowest BCUT2D eigenvalue weighted by atomic mass is 10.2. The zero-order valence-electron chi connectivity index (χ0n) is 18.3. The highest BCUT2D eigenvalue weighted by Crippen LogP contribution is 2.31. The van der Waals surface area contributed by atoms with Gasteiger partial charge in [0.05, 0.1) is 16.7 Å². The number of nitrogens with one attached hydrogen (secondary N) is 1. The number of hydrogen-bond donors (Lipinski definition) is 1. The van der Waals surface area contributed by atoms with Crippen LogP contribution in [0, 0.1) is 17.0 Å². The Kier molecular flexibility index (Phi) is 7.24. The molecule has 0 atom stereocenters. The Bertz CT molecular complexity index is 1390. The first-order valence-electron chi connectivity index (χ1n) is 10.3. The van der Waals surface area contributed by atoms with Gasteiger partial charge in [-0.15, -0.1) is 0 Å². The molecule has 3 aromatic carbocycles. The van der Waals surface area contributed by atoms with Crippen LogP contribution in [0.1, 0.15) is 21.9 Å². The van der Waals surface area contributed by atoms with Crippen molar-refractivity contribution >= 4 is 40.5 Å². The number of halogens is 2. The molecule has 4 rings (SSSR count). The van der Waals surface area contributed by atoms with Gasteiger partial charge in [-0.05, 0) is 67.1 Å². The number of amides is 1. The van der Waals surface area contributed by atoms with Gasteiger partial charge < -0.3 is 19.2 Å². The van der Waals surface area contributed by atoms with Crippen molar-refractivity contribution < 1.29 is 23.6 Å². The first-order chi connectivity index (χ1) is 16.8. The Morgan fingerprint density at radius 2 is 1.71 bits per heavy atom. The fourth-order valence-electron chi connectivity index (χ4n) is 3.15. The first-order valence-corrected chi connectivity index (χ1v) is 11.0. The number of carbonyl (C=O) groups is 1. The van der Waals surface area contributed by atoms with E-state index >= 15 is 0 Å². The van der Waals surface area contributed by atoms with Crippen LogP contribution in [0.3, 0.4) is 0 Å². The van der Waals surface area contributed by atoms with E-state index in [2.05, 4.69) is 5.32 Å². The highest BCUT2D eigenvalue weighted by atomic mass is 35.5. The number of aryl methyl sites for hydroxylation is 1. The Hall–Kier alpha value is -4.01. The van der Waals surface area contributed by atoms with Gasteiger partial charge in [-0.2, -0.15) is 0 Å². The molecule has 0 spiro atoms. The zero-order valence-corrected chi connectivity index (χ0v) is 19.8. The molecule has 0 aliphatic heterocycles. The molecule has 0 saturated heterocycles. The van der Waals surface area contributed by atoms with Crippen LogP contribution in [-0.2, 0) is 6.61 Å². The zero-order chi connectivity index (χ0) is 24.9. The number of nitrogens with zero attached hydrogens (tertiary/aromatic N) is 1. The quantitative estimate of drug-likeness (QED) is 0.194. The molecular formula is C25H18Cl2N2O6. The minimum atomic E-state index is -0.586. The summed E-state index contributed by atoms with van der Waals surface area (Å²) in [6.45, 7) is 1.97. The van der Waals surface area contributed by atoms with Gasteiger partial charge >= 0.3 is 0 Å². The molecule has 0 radical (unpaired) electrons. The fourth-order valence-corrected chi connectivity index (χ4v) is 3.51. The summed E-state index contributed by atoms with van der Waals surface area (Å²) in [5.74, 6) is 1.10. The third-order valence-corrected chi connectivity index (χ3v) is 5.29. The summed E-state index contributed by atoms with van der Waals surface area (Å²) < 4.78 is 17.0. The van der Waals surface area contributed by atoms with E-state index in [-0.39, 0.29) is 29.5 Å². The number of furan rings is 1. The summed E-state index contributed by atoms with van der Waals surface area (Å²) >= 11 is 11.8. The summed E-state index contributed by atoms with van der Waals surface area (Å²) in [5, 5.41) is 15.1. The largest absolute Gasteiger partial charge is 0.485 e. The van der Waals surface area contributed by atoms with Crippen molar-refractivity contribution in [1.82, 2.24) is 0 Å². The Morgan fingerprint density at radius 1 is 0.971 bits per heavy atom. The standard InChI is InChI=1S/C25H18Cl2N2O6/c1-15-10-17(27)4-8-23(15)33-14-21-7-9-24(35-21)25(30)28-18-11-19(29(31)32)13-22(12-18)34-20-5-2-16(26)3-6-20/h2-13H,14H2,1H3,(H,28,30).